The summed E-state index contributed by atoms with van der Waals surface area (Å²) in [5, 5.41) is 7.15. The van der Waals surface area contributed by atoms with Crippen molar-refractivity contribution in [3.8, 4) is 0 Å². The highest BCUT2D eigenvalue weighted by molar-refractivity contribution is 6.13. The summed E-state index contributed by atoms with van der Waals surface area (Å²) in [4.78, 5) is 0. The zero-order chi connectivity index (χ0) is 14.5. The lowest BCUT2D eigenvalue weighted by atomic mass is 9.95. The van der Waals surface area contributed by atoms with Crippen LogP contribution in [0.5, 0.6) is 0 Å². The molecule has 3 rings (SSSR count). The first kappa shape index (κ1) is 14.6. The van der Waals surface area contributed by atoms with Gasteiger partial charge in [0.2, 0.25) is 0 Å². The van der Waals surface area contributed by atoms with Crippen LogP contribution in [0.3, 0.4) is 0 Å². The summed E-state index contributed by atoms with van der Waals surface area (Å²) >= 11 is 0. The molecule has 1 aliphatic carbocycles. The molecule has 0 aromatic heterocycles. The fourth-order valence-corrected chi connectivity index (χ4v) is 2.85. The van der Waals surface area contributed by atoms with E-state index in [1.807, 2.05) is 6.07 Å². The molecule has 3 heteroatoms. The van der Waals surface area contributed by atoms with E-state index in [0.29, 0.717) is 6.04 Å². The van der Waals surface area contributed by atoms with Crippen LogP contribution < -0.4 is 0 Å². The van der Waals surface area contributed by atoms with Gasteiger partial charge in [0.1, 0.15) is 0 Å². The fraction of sp³-hybridized carbons (Fsp3) is 0.333. The first-order valence-electron chi connectivity index (χ1n) is 7.50. The number of benzene rings is 1. The van der Waals surface area contributed by atoms with E-state index in [1.165, 1.54) is 12.3 Å². The predicted octanol–water partition coefficient (Wildman–Crippen LogP) is 2.91. The van der Waals surface area contributed by atoms with Crippen LogP contribution >= 0.6 is 0 Å². The molecule has 5 radical (unpaired) electrons. The highest BCUT2D eigenvalue weighted by Crippen LogP contribution is 2.29. The first-order valence-corrected chi connectivity index (χ1v) is 7.50. The molecule has 3 nitrogen and oxygen atoms in total. The molecule has 0 bridgehead atoms. The van der Waals surface area contributed by atoms with Crippen LogP contribution in [0.1, 0.15) is 18.4 Å². The molecule has 0 unspecified atom stereocenters. The molecule has 2 aliphatic rings. The van der Waals surface area contributed by atoms with Crippen molar-refractivity contribution in [2.45, 2.75) is 18.9 Å². The Bertz CT molecular complexity index is 465. The highest BCUT2D eigenvalue weighted by atomic mass is 16.5. The van der Waals surface area contributed by atoms with Crippen molar-refractivity contribution in [3.05, 3.63) is 67.5 Å². The van der Waals surface area contributed by atoms with Gasteiger partial charge in [-0.3, -0.25) is 5.01 Å². The number of rotatable bonds is 5. The standard InChI is InChI=1S/C18H21N2O/c1-21-14-17-12-7-13-20(17)19-18(16-10-5-6-11-16)15-8-3-2-4-9-15/h2-6,8-11,17H,7,12-14H2,1H3/b19-18+/t17-/m0/s1. The molecule has 1 heterocycles. The number of methoxy groups -OCH3 is 1. The SMILES string of the molecule is COC[C@@H]1CCCN1/N=C(/[C]1[CH][CH][CH][CH]1)c1ccccc1. The molecular formula is C18H21N2O. The van der Waals surface area contributed by atoms with Crippen molar-refractivity contribution in [1.82, 2.24) is 5.01 Å². The maximum atomic E-state index is 5.32. The van der Waals surface area contributed by atoms with E-state index < -0.39 is 0 Å². The van der Waals surface area contributed by atoms with Gasteiger partial charge in [-0.1, -0.05) is 30.3 Å². The quantitative estimate of drug-likeness (QED) is 0.775. The molecule has 0 amide bonds. The third-order valence-corrected chi connectivity index (χ3v) is 3.92. The summed E-state index contributed by atoms with van der Waals surface area (Å²) in [6.45, 7) is 1.75. The van der Waals surface area contributed by atoms with Crippen molar-refractivity contribution in [3.63, 3.8) is 0 Å². The van der Waals surface area contributed by atoms with Gasteiger partial charge in [-0.15, -0.1) is 0 Å². The zero-order valence-corrected chi connectivity index (χ0v) is 12.4. The molecular weight excluding hydrogens is 260 g/mol. The van der Waals surface area contributed by atoms with Crippen LogP contribution in [0.4, 0.5) is 0 Å². The van der Waals surface area contributed by atoms with Crippen molar-refractivity contribution >= 4 is 5.71 Å². The molecule has 109 valence electrons. The van der Waals surface area contributed by atoms with Crippen molar-refractivity contribution in [2.75, 3.05) is 20.3 Å². The summed E-state index contributed by atoms with van der Waals surface area (Å²) in [6.07, 6.45) is 10.7. The molecule has 1 aromatic rings. The number of nitrogens with zero attached hydrogens (tertiary/aromatic N) is 2. The van der Waals surface area contributed by atoms with E-state index in [9.17, 15) is 0 Å². The molecule has 2 fully saturated rings. The summed E-state index contributed by atoms with van der Waals surface area (Å²) in [5.41, 5.74) is 2.20. The van der Waals surface area contributed by atoms with Gasteiger partial charge >= 0.3 is 0 Å². The summed E-state index contributed by atoms with van der Waals surface area (Å²) in [6, 6.07) is 10.8. The second kappa shape index (κ2) is 7.08. The molecule has 1 saturated carbocycles. The summed E-state index contributed by atoms with van der Waals surface area (Å²) in [5.74, 6) is 1.17. The molecule has 1 aliphatic heterocycles. The van der Waals surface area contributed by atoms with Crippen LogP contribution in [0.25, 0.3) is 0 Å². The number of hydrogen-bond donors (Lipinski definition) is 0. The number of ether oxygens (including phenoxy) is 1. The Hall–Kier alpha value is -1.35. The van der Waals surface area contributed by atoms with Crippen molar-refractivity contribution < 1.29 is 4.74 Å². The van der Waals surface area contributed by atoms with Crippen LogP contribution in [0.2, 0.25) is 0 Å². The average Bonchev–Trinajstić information content (AvgIpc) is 3.18. The molecule has 1 saturated heterocycles. The lowest BCUT2D eigenvalue weighted by Crippen LogP contribution is -2.30. The lowest BCUT2D eigenvalue weighted by molar-refractivity contribution is 0.118. The van der Waals surface area contributed by atoms with Gasteiger partial charge in [0.25, 0.3) is 0 Å². The Balaban J connectivity index is 1.85. The van der Waals surface area contributed by atoms with Gasteiger partial charge in [0.05, 0.1) is 18.4 Å². The smallest absolute Gasteiger partial charge is 0.0755 e. The zero-order valence-electron chi connectivity index (χ0n) is 12.4. The third-order valence-electron chi connectivity index (χ3n) is 3.92. The van der Waals surface area contributed by atoms with E-state index in [-0.39, 0.29) is 0 Å². The minimum atomic E-state index is 0.392. The van der Waals surface area contributed by atoms with Gasteiger partial charge in [0.15, 0.2) is 0 Å². The van der Waals surface area contributed by atoms with Gasteiger partial charge < -0.3 is 4.74 Å². The number of hydrazone groups is 1. The maximum absolute atomic E-state index is 5.32. The summed E-state index contributed by atoms with van der Waals surface area (Å²) in [7, 11) is 1.76. The van der Waals surface area contributed by atoms with Crippen molar-refractivity contribution in [2.24, 2.45) is 5.10 Å². The van der Waals surface area contributed by atoms with Crippen molar-refractivity contribution in [1.29, 1.82) is 0 Å². The fourth-order valence-electron chi connectivity index (χ4n) is 2.85. The Kier molecular flexibility index (Phi) is 4.91. The van der Waals surface area contributed by atoms with E-state index in [0.717, 1.165) is 30.8 Å². The minimum Gasteiger partial charge on any atom is -0.382 e. The third kappa shape index (κ3) is 3.46. The molecule has 0 N–H and O–H groups in total. The largest absolute Gasteiger partial charge is 0.382 e. The van der Waals surface area contributed by atoms with Crippen LogP contribution in [0.15, 0.2) is 35.4 Å². The lowest BCUT2D eigenvalue weighted by Gasteiger charge is -2.24. The Labute approximate surface area is 128 Å². The second-order valence-corrected chi connectivity index (χ2v) is 5.40. The predicted molar refractivity (Wildman–Crippen MR) is 85.0 cm³/mol. The van der Waals surface area contributed by atoms with Gasteiger partial charge in [-0.25, -0.2) is 0 Å². The molecule has 1 aromatic carbocycles. The highest BCUT2D eigenvalue weighted by Gasteiger charge is 2.28. The van der Waals surface area contributed by atoms with Gasteiger partial charge in [-0.05, 0) is 44.1 Å². The van der Waals surface area contributed by atoms with E-state index >= 15 is 0 Å². The summed E-state index contributed by atoms with van der Waals surface area (Å²) < 4.78 is 5.32. The van der Waals surface area contributed by atoms with Crippen LogP contribution in [0, 0.1) is 31.6 Å². The topological polar surface area (TPSA) is 24.8 Å². The monoisotopic (exact) mass is 281 g/mol. The molecule has 0 spiro atoms. The molecule has 21 heavy (non-hydrogen) atoms. The number of hydrogen-bond acceptors (Lipinski definition) is 3. The van der Waals surface area contributed by atoms with Crippen LogP contribution in [-0.4, -0.2) is 37.0 Å². The Morgan fingerprint density at radius 3 is 2.71 bits per heavy atom. The van der Waals surface area contributed by atoms with Crippen LogP contribution in [-0.2, 0) is 4.74 Å². The maximum Gasteiger partial charge on any atom is 0.0755 e. The normalized spacial score (nSPS) is 24.0. The van der Waals surface area contributed by atoms with E-state index in [4.69, 9.17) is 9.84 Å². The Morgan fingerprint density at radius 1 is 1.24 bits per heavy atom. The average molecular weight is 281 g/mol. The first-order chi connectivity index (χ1) is 10.4. The minimum absolute atomic E-state index is 0.392. The van der Waals surface area contributed by atoms with E-state index in [1.54, 1.807) is 7.11 Å². The van der Waals surface area contributed by atoms with E-state index in [2.05, 4.69) is 55.0 Å². The molecule has 1 atom stereocenters. The van der Waals surface area contributed by atoms with Gasteiger partial charge in [-0.2, -0.15) is 5.10 Å². The van der Waals surface area contributed by atoms with Gasteiger partial charge in [0, 0.05) is 19.6 Å². The Morgan fingerprint density at radius 2 is 2.00 bits per heavy atom. The second-order valence-electron chi connectivity index (χ2n) is 5.40.